The number of carbonyl (C=O) groups is 1. The molecule has 0 saturated carbocycles. The number of hydrogen-bond donors (Lipinski definition) is 2. The van der Waals surface area contributed by atoms with E-state index in [4.69, 9.17) is 11.1 Å². The van der Waals surface area contributed by atoms with E-state index in [1.165, 1.54) is 6.92 Å². The highest BCUT2D eigenvalue weighted by Crippen LogP contribution is 2.24. The Morgan fingerprint density at radius 1 is 1.35 bits per heavy atom. The topological polar surface area (TPSA) is 66.9 Å². The van der Waals surface area contributed by atoms with Crippen molar-refractivity contribution in [1.82, 2.24) is 0 Å². The summed E-state index contributed by atoms with van der Waals surface area (Å²) in [5.41, 5.74) is 6.13. The van der Waals surface area contributed by atoms with Gasteiger partial charge >= 0.3 is 0 Å². The van der Waals surface area contributed by atoms with Crippen LogP contribution in [0, 0.1) is 5.41 Å². The molecule has 0 aromatic heterocycles. The lowest BCUT2D eigenvalue weighted by Gasteiger charge is -2.14. The highest BCUT2D eigenvalue weighted by Gasteiger charge is 2.23. The molecular formula is C12H20F2N2O. The van der Waals surface area contributed by atoms with Gasteiger partial charge in [0.15, 0.2) is 5.78 Å². The molecule has 0 bridgehead atoms. The summed E-state index contributed by atoms with van der Waals surface area (Å²) in [4.78, 5) is 11.1. The first kappa shape index (κ1) is 15.7. The van der Waals surface area contributed by atoms with E-state index in [0.717, 1.165) is 13.3 Å². The largest absolute Gasteiger partial charge is 0.402 e. The smallest absolute Gasteiger partial charge is 0.245 e. The fourth-order valence-electron chi connectivity index (χ4n) is 1.42. The third-order valence-electron chi connectivity index (χ3n) is 2.37. The van der Waals surface area contributed by atoms with Crippen LogP contribution in [0.2, 0.25) is 0 Å². The zero-order chi connectivity index (χ0) is 13.6. The van der Waals surface area contributed by atoms with Crippen LogP contribution in [0.15, 0.2) is 11.3 Å². The Hall–Kier alpha value is -1.26. The summed E-state index contributed by atoms with van der Waals surface area (Å²) >= 11 is 0. The molecule has 0 radical (unpaired) electrons. The summed E-state index contributed by atoms with van der Waals surface area (Å²) in [5, 5.41) is 7.59. The summed E-state index contributed by atoms with van der Waals surface area (Å²) in [6.07, 6.45) is 0.833. The van der Waals surface area contributed by atoms with E-state index in [1.54, 1.807) is 0 Å². The Balaban J connectivity index is 4.94. The summed E-state index contributed by atoms with van der Waals surface area (Å²) < 4.78 is 25.6. The van der Waals surface area contributed by atoms with Crippen LogP contribution in [0.25, 0.3) is 0 Å². The molecule has 3 N–H and O–H groups in total. The Kier molecular flexibility index (Phi) is 5.99. The van der Waals surface area contributed by atoms with Crippen LogP contribution >= 0.6 is 0 Å². The van der Waals surface area contributed by atoms with Crippen LogP contribution in [-0.2, 0) is 4.79 Å². The number of nitrogens with two attached hydrogens (primary N) is 1. The highest BCUT2D eigenvalue weighted by atomic mass is 19.3. The SMILES string of the molecule is CCC/C(N)=C(\CCC(C)(F)F)C(=N)C(C)=O. The van der Waals surface area contributed by atoms with Crippen molar-refractivity contribution < 1.29 is 13.6 Å². The van der Waals surface area contributed by atoms with Gasteiger partial charge in [-0.2, -0.15) is 0 Å². The first-order valence-corrected chi connectivity index (χ1v) is 5.64. The zero-order valence-corrected chi connectivity index (χ0v) is 10.6. The van der Waals surface area contributed by atoms with Gasteiger partial charge in [0.1, 0.15) is 5.71 Å². The van der Waals surface area contributed by atoms with Crippen molar-refractivity contribution in [3.05, 3.63) is 11.3 Å². The van der Waals surface area contributed by atoms with E-state index in [-0.39, 0.29) is 17.7 Å². The second-order valence-corrected chi connectivity index (χ2v) is 4.26. The summed E-state index contributed by atoms with van der Waals surface area (Å²) in [6, 6.07) is 0. The number of ketones is 1. The number of carbonyl (C=O) groups excluding carboxylic acids is 1. The van der Waals surface area contributed by atoms with E-state index >= 15 is 0 Å². The molecule has 3 nitrogen and oxygen atoms in total. The molecule has 98 valence electrons. The molecule has 0 aliphatic carbocycles. The molecule has 0 rings (SSSR count). The van der Waals surface area contributed by atoms with Crippen molar-refractivity contribution >= 4 is 11.5 Å². The molecule has 0 spiro atoms. The van der Waals surface area contributed by atoms with Crippen LogP contribution in [0.3, 0.4) is 0 Å². The van der Waals surface area contributed by atoms with Crippen molar-refractivity contribution in [2.45, 2.75) is 52.4 Å². The standard InChI is InChI=1S/C12H20F2N2O/c1-4-5-10(15)9(11(16)8(2)17)6-7-12(3,13)14/h16H,4-7,15H2,1-3H3/b10-9-,16-11?. The predicted molar refractivity (Wildman–Crippen MR) is 64.4 cm³/mol. The lowest BCUT2D eigenvalue weighted by Crippen LogP contribution is -2.19. The Labute approximate surface area is 101 Å². The maximum atomic E-state index is 12.8. The lowest BCUT2D eigenvalue weighted by atomic mass is 9.97. The molecule has 0 atom stereocenters. The molecular weight excluding hydrogens is 226 g/mol. The third kappa shape index (κ3) is 6.14. The number of allylic oxidation sites excluding steroid dienone is 2. The van der Waals surface area contributed by atoms with E-state index in [9.17, 15) is 13.6 Å². The van der Waals surface area contributed by atoms with Gasteiger partial charge in [-0.3, -0.25) is 10.2 Å². The summed E-state index contributed by atoms with van der Waals surface area (Å²) in [5.74, 6) is -3.26. The fourth-order valence-corrected chi connectivity index (χ4v) is 1.42. The maximum absolute atomic E-state index is 12.8. The Morgan fingerprint density at radius 3 is 2.24 bits per heavy atom. The number of nitrogens with one attached hydrogen (secondary N) is 1. The Bertz CT molecular complexity index is 330. The lowest BCUT2D eigenvalue weighted by molar-refractivity contribution is -0.111. The van der Waals surface area contributed by atoms with Gasteiger partial charge in [0.05, 0.1) is 0 Å². The zero-order valence-electron chi connectivity index (χ0n) is 10.6. The van der Waals surface area contributed by atoms with Gasteiger partial charge in [-0.25, -0.2) is 8.78 Å². The highest BCUT2D eigenvalue weighted by molar-refractivity contribution is 6.44. The number of halogens is 2. The van der Waals surface area contributed by atoms with Crippen LogP contribution in [-0.4, -0.2) is 17.4 Å². The van der Waals surface area contributed by atoms with Crippen LogP contribution in [0.5, 0.6) is 0 Å². The monoisotopic (exact) mass is 246 g/mol. The van der Waals surface area contributed by atoms with Gasteiger partial charge in [-0.1, -0.05) is 13.3 Å². The van der Waals surface area contributed by atoms with E-state index in [1.807, 2.05) is 6.92 Å². The van der Waals surface area contributed by atoms with Crippen molar-refractivity contribution in [2.24, 2.45) is 5.73 Å². The summed E-state index contributed by atoms with van der Waals surface area (Å²) in [6.45, 7) is 3.96. The molecule has 0 aromatic rings. The van der Waals surface area contributed by atoms with E-state index < -0.39 is 18.1 Å². The average molecular weight is 246 g/mol. The number of Topliss-reactive ketones (excluding diaryl/α,β-unsaturated/α-hetero) is 1. The third-order valence-corrected chi connectivity index (χ3v) is 2.37. The molecule has 0 unspecified atom stereocenters. The van der Waals surface area contributed by atoms with Crippen molar-refractivity contribution in [3.8, 4) is 0 Å². The average Bonchev–Trinajstić information content (AvgIpc) is 2.16. The predicted octanol–water partition coefficient (Wildman–Crippen LogP) is 3.04. The molecule has 0 heterocycles. The number of hydrogen-bond acceptors (Lipinski definition) is 3. The van der Waals surface area contributed by atoms with Crippen LogP contribution in [0.4, 0.5) is 8.78 Å². The van der Waals surface area contributed by atoms with Gasteiger partial charge in [-0.05, 0) is 25.3 Å². The minimum atomic E-state index is -2.81. The van der Waals surface area contributed by atoms with Gasteiger partial charge in [-0.15, -0.1) is 0 Å². The first-order chi connectivity index (χ1) is 7.69. The maximum Gasteiger partial charge on any atom is 0.245 e. The second-order valence-electron chi connectivity index (χ2n) is 4.26. The molecule has 0 aliphatic heterocycles. The van der Waals surface area contributed by atoms with Gasteiger partial charge in [0.2, 0.25) is 5.92 Å². The quantitative estimate of drug-likeness (QED) is 0.678. The van der Waals surface area contributed by atoms with Crippen molar-refractivity contribution in [2.75, 3.05) is 0 Å². The summed E-state index contributed by atoms with van der Waals surface area (Å²) in [7, 11) is 0. The van der Waals surface area contributed by atoms with Crippen LogP contribution < -0.4 is 5.73 Å². The molecule has 0 amide bonds. The van der Waals surface area contributed by atoms with E-state index in [0.29, 0.717) is 12.1 Å². The normalized spacial score (nSPS) is 13.2. The van der Waals surface area contributed by atoms with Crippen LogP contribution in [0.1, 0.15) is 46.5 Å². The Morgan fingerprint density at radius 2 is 1.88 bits per heavy atom. The van der Waals surface area contributed by atoms with Gasteiger partial charge < -0.3 is 5.73 Å². The molecule has 0 saturated heterocycles. The van der Waals surface area contributed by atoms with Crippen molar-refractivity contribution in [1.29, 1.82) is 5.41 Å². The van der Waals surface area contributed by atoms with Gasteiger partial charge in [0.25, 0.3) is 0 Å². The number of alkyl halides is 2. The van der Waals surface area contributed by atoms with E-state index in [2.05, 4.69) is 0 Å². The van der Waals surface area contributed by atoms with Crippen molar-refractivity contribution in [3.63, 3.8) is 0 Å². The molecule has 5 heteroatoms. The van der Waals surface area contributed by atoms with Gasteiger partial charge in [0, 0.05) is 19.0 Å². The molecule has 0 fully saturated rings. The molecule has 0 aliphatic rings. The number of rotatable bonds is 7. The molecule has 0 aromatic carbocycles. The second kappa shape index (κ2) is 6.47. The first-order valence-electron chi connectivity index (χ1n) is 5.64. The minimum absolute atomic E-state index is 0.0340. The molecule has 17 heavy (non-hydrogen) atoms. The fraction of sp³-hybridized carbons (Fsp3) is 0.667. The minimum Gasteiger partial charge on any atom is -0.402 e.